The Labute approximate surface area is 57.4 Å². The number of hydrogen-bond acceptors (Lipinski definition) is 1. The van der Waals surface area contributed by atoms with Crippen LogP contribution in [0, 0.1) is 11.8 Å². The van der Waals surface area contributed by atoms with E-state index in [0.29, 0.717) is 5.92 Å². The van der Waals surface area contributed by atoms with Gasteiger partial charge in [-0.3, -0.25) is 4.79 Å². The Bertz CT molecular complexity index is 103. The first kappa shape index (κ1) is 8.53. The average molecular weight is 127 g/mol. The van der Waals surface area contributed by atoms with Crippen molar-refractivity contribution in [2.24, 2.45) is 11.8 Å². The molecule has 0 aliphatic heterocycles. The standard InChI is InChI=1S/C6H14BNO/c1-4(2)5(3)6(9)8-7/h4-5H,7H2,1-3H3,(H,8,9). The zero-order valence-corrected chi connectivity index (χ0v) is 6.56. The van der Waals surface area contributed by atoms with E-state index in [0.717, 1.165) is 0 Å². The predicted octanol–water partition coefficient (Wildman–Crippen LogP) is -0.0572. The highest BCUT2D eigenvalue weighted by molar-refractivity contribution is 6.14. The van der Waals surface area contributed by atoms with Crippen molar-refractivity contribution in [2.75, 3.05) is 0 Å². The van der Waals surface area contributed by atoms with Gasteiger partial charge in [-0.15, -0.1) is 0 Å². The first-order valence-electron chi connectivity index (χ1n) is 3.31. The van der Waals surface area contributed by atoms with Gasteiger partial charge < -0.3 is 5.23 Å². The molecule has 0 aromatic heterocycles. The van der Waals surface area contributed by atoms with E-state index in [-0.39, 0.29) is 11.8 Å². The topological polar surface area (TPSA) is 29.1 Å². The SMILES string of the molecule is BNC(=O)C(C)C(C)C. The number of rotatable bonds is 2. The van der Waals surface area contributed by atoms with Crippen LogP contribution in [0.25, 0.3) is 0 Å². The maximum Gasteiger partial charge on any atom is 0.217 e. The highest BCUT2D eigenvalue weighted by Crippen LogP contribution is 2.08. The van der Waals surface area contributed by atoms with Crippen molar-refractivity contribution in [1.29, 1.82) is 0 Å². The number of carbonyl (C=O) groups is 1. The van der Waals surface area contributed by atoms with Crippen LogP contribution in [0.4, 0.5) is 0 Å². The van der Waals surface area contributed by atoms with E-state index in [4.69, 9.17) is 0 Å². The molecule has 0 aliphatic rings. The first-order chi connectivity index (χ1) is 4.09. The van der Waals surface area contributed by atoms with E-state index < -0.39 is 0 Å². The predicted molar refractivity (Wildman–Crippen MR) is 40.7 cm³/mol. The van der Waals surface area contributed by atoms with E-state index in [2.05, 4.69) is 5.23 Å². The Kier molecular flexibility index (Phi) is 3.36. The molecule has 0 radical (unpaired) electrons. The smallest absolute Gasteiger partial charge is 0.217 e. The minimum Gasteiger partial charge on any atom is -0.406 e. The largest absolute Gasteiger partial charge is 0.406 e. The van der Waals surface area contributed by atoms with Gasteiger partial charge >= 0.3 is 0 Å². The van der Waals surface area contributed by atoms with Crippen molar-refractivity contribution in [1.82, 2.24) is 5.23 Å². The zero-order chi connectivity index (χ0) is 7.44. The Morgan fingerprint density at radius 2 is 1.89 bits per heavy atom. The number of amides is 1. The highest BCUT2D eigenvalue weighted by atomic mass is 16.1. The fourth-order valence-electron chi connectivity index (χ4n) is 0.530. The summed E-state index contributed by atoms with van der Waals surface area (Å²) in [5, 5.41) is 2.61. The van der Waals surface area contributed by atoms with E-state index in [9.17, 15) is 4.79 Å². The molecular formula is C6H14BNO. The van der Waals surface area contributed by atoms with Crippen LogP contribution in [-0.4, -0.2) is 13.9 Å². The molecule has 0 aliphatic carbocycles. The summed E-state index contributed by atoms with van der Waals surface area (Å²) in [5.74, 6) is 0.699. The molecule has 1 amide bonds. The van der Waals surface area contributed by atoms with Crippen LogP contribution in [0.1, 0.15) is 20.8 Å². The first-order valence-corrected chi connectivity index (χ1v) is 3.31. The van der Waals surface area contributed by atoms with Crippen molar-refractivity contribution in [3.63, 3.8) is 0 Å². The lowest BCUT2D eigenvalue weighted by molar-refractivity contribution is -0.123. The van der Waals surface area contributed by atoms with Crippen molar-refractivity contribution in [2.45, 2.75) is 20.8 Å². The second-order valence-corrected chi connectivity index (χ2v) is 2.65. The van der Waals surface area contributed by atoms with Gasteiger partial charge in [0.15, 0.2) is 0 Å². The van der Waals surface area contributed by atoms with Crippen molar-refractivity contribution >= 4 is 13.9 Å². The van der Waals surface area contributed by atoms with Gasteiger partial charge in [-0.2, -0.15) is 0 Å². The van der Waals surface area contributed by atoms with Crippen LogP contribution >= 0.6 is 0 Å². The minimum atomic E-state index is 0.130. The number of carbonyl (C=O) groups excluding carboxylic acids is 1. The fourth-order valence-corrected chi connectivity index (χ4v) is 0.530. The summed E-state index contributed by atoms with van der Waals surface area (Å²) in [6.07, 6.45) is 0. The molecule has 1 N–H and O–H groups in total. The molecular weight excluding hydrogens is 113 g/mol. The molecule has 0 heterocycles. The van der Waals surface area contributed by atoms with Crippen LogP contribution in [-0.2, 0) is 4.79 Å². The van der Waals surface area contributed by atoms with Crippen LogP contribution in [0.15, 0.2) is 0 Å². The molecule has 0 aromatic rings. The molecule has 52 valence electrons. The van der Waals surface area contributed by atoms with Crippen molar-refractivity contribution in [3.05, 3.63) is 0 Å². The third-order valence-corrected chi connectivity index (χ3v) is 1.66. The van der Waals surface area contributed by atoms with Crippen LogP contribution < -0.4 is 5.23 Å². The fraction of sp³-hybridized carbons (Fsp3) is 0.833. The second-order valence-electron chi connectivity index (χ2n) is 2.65. The Morgan fingerprint density at radius 1 is 1.44 bits per heavy atom. The molecule has 2 nitrogen and oxygen atoms in total. The molecule has 0 spiro atoms. The molecule has 1 atom stereocenters. The molecule has 0 saturated heterocycles. The van der Waals surface area contributed by atoms with E-state index in [1.54, 1.807) is 7.98 Å². The van der Waals surface area contributed by atoms with Gasteiger partial charge in [-0.1, -0.05) is 20.8 Å². The van der Waals surface area contributed by atoms with Crippen LogP contribution in [0.5, 0.6) is 0 Å². The molecule has 0 saturated carbocycles. The molecule has 0 aromatic carbocycles. The summed E-state index contributed by atoms with van der Waals surface area (Å²) in [6.45, 7) is 6.02. The monoisotopic (exact) mass is 127 g/mol. The van der Waals surface area contributed by atoms with Crippen LogP contribution in [0.2, 0.25) is 0 Å². The summed E-state index contributed by atoms with van der Waals surface area (Å²) in [6, 6.07) is 0. The Hall–Kier alpha value is -0.465. The van der Waals surface area contributed by atoms with Crippen molar-refractivity contribution in [3.8, 4) is 0 Å². The molecule has 9 heavy (non-hydrogen) atoms. The maximum absolute atomic E-state index is 10.8. The van der Waals surface area contributed by atoms with Crippen molar-refractivity contribution < 1.29 is 4.79 Å². The van der Waals surface area contributed by atoms with Crippen LogP contribution in [0.3, 0.4) is 0 Å². The highest BCUT2D eigenvalue weighted by Gasteiger charge is 2.13. The third kappa shape index (κ3) is 2.54. The van der Waals surface area contributed by atoms with Gasteiger partial charge in [0, 0.05) is 5.92 Å². The average Bonchev–Trinajstić information content (AvgIpc) is 1.84. The summed E-state index contributed by atoms with van der Waals surface area (Å²) >= 11 is 0. The van der Waals surface area contributed by atoms with Gasteiger partial charge in [-0.25, -0.2) is 0 Å². The summed E-state index contributed by atoms with van der Waals surface area (Å²) < 4.78 is 0. The normalized spacial score (nSPS) is 13.3. The zero-order valence-electron chi connectivity index (χ0n) is 6.56. The Balaban J connectivity index is 3.72. The Morgan fingerprint density at radius 3 is 2.00 bits per heavy atom. The minimum absolute atomic E-state index is 0.130. The van der Waals surface area contributed by atoms with Gasteiger partial charge in [0.2, 0.25) is 13.9 Å². The molecule has 0 rings (SSSR count). The van der Waals surface area contributed by atoms with E-state index >= 15 is 0 Å². The molecule has 0 bridgehead atoms. The lowest BCUT2D eigenvalue weighted by atomic mass is 9.97. The second kappa shape index (κ2) is 3.54. The maximum atomic E-state index is 10.8. The number of hydrogen-bond donors (Lipinski definition) is 1. The summed E-state index contributed by atoms with van der Waals surface area (Å²) in [4.78, 5) is 10.8. The quantitative estimate of drug-likeness (QED) is 0.517. The molecule has 3 heteroatoms. The van der Waals surface area contributed by atoms with Gasteiger partial charge in [0.25, 0.3) is 0 Å². The van der Waals surface area contributed by atoms with E-state index in [1.165, 1.54) is 0 Å². The lowest BCUT2D eigenvalue weighted by Crippen LogP contribution is -2.29. The summed E-state index contributed by atoms with van der Waals surface area (Å²) in [5.41, 5.74) is 0. The van der Waals surface area contributed by atoms with E-state index in [1.807, 2.05) is 20.8 Å². The van der Waals surface area contributed by atoms with Gasteiger partial charge in [0.05, 0.1) is 0 Å². The third-order valence-electron chi connectivity index (χ3n) is 1.66. The lowest BCUT2D eigenvalue weighted by Gasteiger charge is -2.12. The molecule has 1 unspecified atom stereocenters. The summed E-state index contributed by atoms with van der Waals surface area (Å²) in [7, 11) is 1.67. The number of nitrogens with one attached hydrogen (secondary N) is 1. The molecule has 0 fully saturated rings. The van der Waals surface area contributed by atoms with Gasteiger partial charge in [0.1, 0.15) is 0 Å². The van der Waals surface area contributed by atoms with Gasteiger partial charge in [-0.05, 0) is 5.92 Å².